The van der Waals surface area contributed by atoms with Crippen LogP contribution in [0.25, 0.3) is 0 Å². The van der Waals surface area contributed by atoms with E-state index in [1.54, 1.807) is 13.2 Å². The van der Waals surface area contributed by atoms with Gasteiger partial charge in [0.25, 0.3) is 0 Å². The van der Waals surface area contributed by atoms with Gasteiger partial charge in [0, 0.05) is 0 Å². The van der Waals surface area contributed by atoms with Crippen molar-refractivity contribution in [1.82, 2.24) is 4.98 Å². The molecular weight excluding hydrogens is 243 g/mol. The zero-order chi connectivity index (χ0) is 13.9. The molecule has 2 N–H and O–H groups in total. The van der Waals surface area contributed by atoms with Gasteiger partial charge < -0.3 is 10.5 Å². The zero-order valence-electron chi connectivity index (χ0n) is 11.1. The van der Waals surface area contributed by atoms with Crippen molar-refractivity contribution in [3.8, 4) is 5.75 Å². The number of benzene rings is 1. The normalized spacial score (nSPS) is 13.9. The molecule has 3 nitrogen and oxygen atoms in total. The number of hydrogen-bond donors (Lipinski definition) is 1. The highest BCUT2D eigenvalue weighted by molar-refractivity contribution is 5.38. The lowest BCUT2D eigenvalue weighted by Crippen LogP contribution is -2.38. The summed E-state index contributed by atoms with van der Waals surface area (Å²) in [5.41, 5.74) is 7.27. The molecule has 0 aliphatic carbocycles. The predicted molar refractivity (Wildman–Crippen MR) is 72.4 cm³/mol. The number of pyridine rings is 1. The van der Waals surface area contributed by atoms with Gasteiger partial charge in [0.15, 0.2) is 0 Å². The van der Waals surface area contributed by atoms with Crippen LogP contribution in [0, 0.1) is 5.82 Å². The fourth-order valence-electron chi connectivity index (χ4n) is 2.07. The summed E-state index contributed by atoms with van der Waals surface area (Å²) >= 11 is 0. The van der Waals surface area contributed by atoms with E-state index < -0.39 is 5.54 Å². The lowest BCUT2D eigenvalue weighted by molar-refractivity contribution is 0.411. The molecule has 1 aromatic heterocycles. The molecule has 1 atom stereocenters. The second-order valence-corrected chi connectivity index (χ2v) is 4.42. The van der Waals surface area contributed by atoms with Gasteiger partial charge in [-0.2, -0.15) is 0 Å². The molecule has 1 unspecified atom stereocenters. The Morgan fingerprint density at radius 1 is 1.32 bits per heavy atom. The second-order valence-electron chi connectivity index (χ2n) is 4.42. The molecule has 0 amide bonds. The van der Waals surface area contributed by atoms with E-state index in [-0.39, 0.29) is 5.82 Å². The molecule has 0 radical (unpaired) electrons. The van der Waals surface area contributed by atoms with E-state index >= 15 is 0 Å². The molecule has 1 aromatic carbocycles. The minimum absolute atomic E-state index is 0.368. The van der Waals surface area contributed by atoms with Crippen LogP contribution in [0.1, 0.15) is 24.6 Å². The third-order valence-corrected chi connectivity index (χ3v) is 3.33. The van der Waals surface area contributed by atoms with E-state index in [1.807, 2.05) is 31.2 Å². The molecule has 2 rings (SSSR count). The minimum atomic E-state index is -0.748. The Morgan fingerprint density at radius 2 is 2.11 bits per heavy atom. The molecule has 0 saturated heterocycles. The minimum Gasteiger partial charge on any atom is -0.497 e. The zero-order valence-corrected chi connectivity index (χ0v) is 11.1. The number of rotatable bonds is 4. The molecule has 0 bridgehead atoms. The van der Waals surface area contributed by atoms with Crippen LogP contribution in [0.15, 0.2) is 42.6 Å². The lowest BCUT2D eigenvalue weighted by atomic mass is 9.84. The van der Waals surface area contributed by atoms with Gasteiger partial charge in [-0.15, -0.1) is 0 Å². The van der Waals surface area contributed by atoms with Crippen molar-refractivity contribution in [3.05, 3.63) is 59.7 Å². The Hall–Kier alpha value is -1.94. The van der Waals surface area contributed by atoms with Gasteiger partial charge in [-0.25, -0.2) is 4.39 Å². The number of halogens is 1. The van der Waals surface area contributed by atoms with Gasteiger partial charge in [-0.3, -0.25) is 4.98 Å². The molecule has 2 aromatic rings. The average Bonchev–Trinajstić information content (AvgIpc) is 2.47. The molecule has 0 fully saturated rings. The molecule has 4 heteroatoms. The van der Waals surface area contributed by atoms with E-state index in [0.717, 1.165) is 11.3 Å². The second kappa shape index (κ2) is 5.36. The van der Waals surface area contributed by atoms with Gasteiger partial charge in [-0.05, 0) is 36.2 Å². The molecule has 0 saturated carbocycles. The van der Waals surface area contributed by atoms with Crippen LogP contribution in [0.5, 0.6) is 5.75 Å². The standard InChI is InChI=1S/C15H17FN2O/c1-3-15(17,14-8-7-12(16)10-18-14)11-5-4-6-13(9-11)19-2/h4-10H,3,17H2,1-2H3. The topological polar surface area (TPSA) is 48.1 Å². The first-order chi connectivity index (χ1) is 9.10. The van der Waals surface area contributed by atoms with Crippen molar-refractivity contribution in [2.24, 2.45) is 5.73 Å². The molecule has 19 heavy (non-hydrogen) atoms. The third kappa shape index (κ3) is 2.58. The smallest absolute Gasteiger partial charge is 0.141 e. The maximum atomic E-state index is 13.0. The molecule has 1 heterocycles. The van der Waals surface area contributed by atoms with Crippen molar-refractivity contribution in [3.63, 3.8) is 0 Å². The number of nitrogens with two attached hydrogens (primary N) is 1. The summed E-state index contributed by atoms with van der Waals surface area (Å²) in [4.78, 5) is 4.11. The number of ether oxygens (including phenoxy) is 1. The Bertz CT molecular complexity index is 556. The SMILES string of the molecule is CCC(N)(c1cccc(OC)c1)c1ccc(F)cn1. The predicted octanol–water partition coefficient (Wildman–Crippen LogP) is 2.84. The van der Waals surface area contributed by atoms with Crippen molar-refractivity contribution >= 4 is 0 Å². The van der Waals surface area contributed by atoms with Gasteiger partial charge in [0.05, 0.1) is 24.5 Å². The van der Waals surface area contributed by atoms with Crippen LogP contribution >= 0.6 is 0 Å². The first kappa shape index (κ1) is 13.5. The van der Waals surface area contributed by atoms with Crippen LogP contribution in [0.4, 0.5) is 4.39 Å². The lowest BCUT2D eigenvalue weighted by Gasteiger charge is -2.28. The fourth-order valence-corrected chi connectivity index (χ4v) is 2.07. The van der Waals surface area contributed by atoms with Crippen LogP contribution in [-0.2, 0) is 5.54 Å². The maximum absolute atomic E-state index is 13.0. The van der Waals surface area contributed by atoms with Crippen molar-refractivity contribution in [1.29, 1.82) is 0 Å². The molecule has 0 aliphatic rings. The summed E-state index contributed by atoms with van der Waals surface area (Å²) in [6.45, 7) is 1.98. The van der Waals surface area contributed by atoms with Crippen LogP contribution < -0.4 is 10.5 Å². The van der Waals surface area contributed by atoms with E-state index in [4.69, 9.17) is 10.5 Å². The van der Waals surface area contributed by atoms with Gasteiger partial charge >= 0.3 is 0 Å². The van der Waals surface area contributed by atoms with Gasteiger partial charge in [0.2, 0.25) is 0 Å². The number of methoxy groups -OCH3 is 1. The summed E-state index contributed by atoms with van der Waals surface area (Å²) in [6, 6.07) is 10.6. The number of hydrogen-bond acceptors (Lipinski definition) is 3. The van der Waals surface area contributed by atoms with Gasteiger partial charge in [0.1, 0.15) is 11.6 Å². The summed E-state index contributed by atoms with van der Waals surface area (Å²) < 4.78 is 18.2. The highest BCUT2D eigenvalue weighted by Gasteiger charge is 2.29. The molecular formula is C15H17FN2O. The Morgan fingerprint density at radius 3 is 2.68 bits per heavy atom. The van der Waals surface area contributed by atoms with E-state index in [1.165, 1.54) is 12.3 Å². The van der Waals surface area contributed by atoms with Crippen LogP contribution in [-0.4, -0.2) is 12.1 Å². The third-order valence-electron chi connectivity index (χ3n) is 3.33. The fraction of sp³-hybridized carbons (Fsp3) is 0.267. The van der Waals surface area contributed by atoms with Crippen LogP contribution in [0.2, 0.25) is 0 Å². The Balaban J connectivity index is 2.49. The van der Waals surface area contributed by atoms with Crippen LogP contribution in [0.3, 0.4) is 0 Å². The summed E-state index contributed by atoms with van der Waals surface area (Å²) in [5, 5.41) is 0. The van der Waals surface area contributed by atoms with Crippen molar-refractivity contribution in [2.75, 3.05) is 7.11 Å². The average molecular weight is 260 g/mol. The Kier molecular flexibility index (Phi) is 3.81. The highest BCUT2D eigenvalue weighted by Crippen LogP contribution is 2.30. The van der Waals surface area contributed by atoms with E-state index in [0.29, 0.717) is 12.1 Å². The molecule has 0 spiro atoms. The maximum Gasteiger partial charge on any atom is 0.141 e. The highest BCUT2D eigenvalue weighted by atomic mass is 19.1. The number of aromatic nitrogens is 1. The van der Waals surface area contributed by atoms with Gasteiger partial charge in [-0.1, -0.05) is 19.1 Å². The first-order valence-electron chi connectivity index (χ1n) is 6.15. The van der Waals surface area contributed by atoms with E-state index in [2.05, 4.69) is 4.98 Å². The number of nitrogens with zero attached hydrogens (tertiary/aromatic N) is 1. The van der Waals surface area contributed by atoms with E-state index in [9.17, 15) is 4.39 Å². The summed E-state index contributed by atoms with van der Waals surface area (Å²) in [6.07, 6.45) is 1.84. The molecule has 100 valence electrons. The largest absolute Gasteiger partial charge is 0.497 e. The quantitative estimate of drug-likeness (QED) is 0.919. The van der Waals surface area contributed by atoms with Crippen molar-refractivity contribution in [2.45, 2.75) is 18.9 Å². The van der Waals surface area contributed by atoms with Crippen molar-refractivity contribution < 1.29 is 9.13 Å². The molecule has 0 aliphatic heterocycles. The summed E-state index contributed by atoms with van der Waals surface area (Å²) in [5.74, 6) is 0.371. The first-order valence-corrected chi connectivity index (χ1v) is 6.15. The Labute approximate surface area is 112 Å². The monoisotopic (exact) mass is 260 g/mol. The summed E-state index contributed by atoms with van der Waals surface area (Å²) in [7, 11) is 1.61.